The lowest BCUT2D eigenvalue weighted by Gasteiger charge is -2.15. The van der Waals surface area contributed by atoms with E-state index in [0.717, 1.165) is 25.7 Å². The molecule has 4 N–H and O–H groups in total. The third-order valence-corrected chi connectivity index (χ3v) is 3.94. The maximum Gasteiger partial charge on any atom is 0.330 e. The van der Waals surface area contributed by atoms with Gasteiger partial charge in [-0.3, -0.25) is 19.1 Å². The Bertz CT molecular complexity index is 643. The van der Waals surface area contributed by atoms with Crippen LogP contribution in [0.15, 0.2) is 9.59 Å². The van der Waals surface area contributed by atoms with Gasteiger partial charge >= 0.3 is 5.69 Å². The van der Waals surface area contributed by atoms with Crippen LogP contribution < -0.4 is 22.3 Å². The molecule has 0 radical (unpaired) electrons. The van der Waals surface area contributed by atoms with Crippen LogP contribution in [0, 0.1) is 5.92 Å². The molecule has 122 valence electrons. The van der Waals surface area contributed by atoms with E-state index in [2.05, 4.69) is 10.3 Å². The number of rotatable bonds is 6. The second-order valence-corrected chi connectivity index (χ2v) is 5.49. The van der Waals surface area contributed by atoms with Gasteiger partial charge in [-0.1, -0.05) is 12.8 Å². The molecule has 1 aliphatic carbocycles. The van der Waals surface area contributed by atoms with Crippen molar-refractivity contribution in [1.29, 1.82) is 0 Å². The zero-order valence-electron chi connectivity index (χ0n) is 12.7. The highest BCUT2D eigenvalue weighted by Crippen LogP contribution is 2.26. The summed E-state index contributed by atoms with van der Waals surface area (Å²) in [5, 5.41) is 2.58. The first-order valence-electron chi connectivity index (χ1n) is 7.47. The molecule has 22 heavy (non-hydrogen) atoms. The molecule has 0 unspecified atom stereocenters. The van der Waals surface area contributed by atoms with Crippen molar-refractivity contribution in [2.24, 2.45) is 5.92 Å². The van der Waals surface area contributed by atoms with Gasteiger partial charge in [0.2, 0.25) is 5.91 Å². The van der Waals surface area contributed by atoms with Crippen molar-refractivity contribution in [1.82, 2.24) is 9.55 Å². The minimum Gasteiger partial charge on any atom is -0.385 e. The minimum absolute atomic E-state index is 0.0174. The second kappa shape index (κ2) is 7.26. The van der Waals surface area contributed by atoms with Crippen molar-refractivity contribution in [2.45, 2.75) is 38.6 Å². The quantitative estimate of drug-likeness (QED) is 0.652. The Morgan fingerprint density at radius 3 is 2.73 bits per heavy atom. The summed E-state index contributed by atoms with van der Waals surface area (Å²) in [6, 6.07) is 0. The van der Waals surface area contributed by atoms with E-state index in [-0.39, 0.29) is 23.3 Å². The molecule has 8 heteroatoms. The van der Waals surface area contributed by atoms with E-state index in [4.69, 9.17) is 10.5 Å². The second-order valence-electron chi connectivity index (χ2n) is 5.49. The minimum atomic E-state index is -0.670. The number of aromatic amines is 1. The smallest absolute Gasteiger partial charge is 0.330 e. The van der Waals surface area contributed by atoms with Crippen LogP contribution >= 0.6 is 0 Å². The van der Waals surface area contributed by atoms with Gasteiger partial charge in [0.25, 0.3) is 5.56 Å². The Balaban J connectivity index is 2.22. The fourth-order valence-corrected chi connectivity index (χ4v) is 2.71. The summed E-state index contributed by atoms with van der Waals surface area (Å²) in [5.74, 6) is -0.319. The molecule has 1 heterocycles. The van der Waals surface area contributed by atoms with Crippen molar-refractivity contribution in [2.75, 3.05) is 24.8 Å². The standard InChI is InChI=1S/C14H22N4O4/c1-22-8-4-7-18-11(15)10(13(20)17-14(18)21)16-12(19)9-5-2-3-6-9/h9H,2-8,15H2,1H3,(H,16,19)(H,17,20,21). The lowest BCUT2D eigenvalue weighted by atomic mass is 10.1. The first-order chi connectivity index (χ1) is 10.5. The highest BCUT2D eigenvalue weighted by atomic mass is 16.5. The molecule has 0 spiro atoms. The molecule has 0 aliphatic heterocycles. The molecule has 1 aromatic heterocycles. The molecule has 2 rings (SSSR count). The largest absolute Gasteiger partial charge is 0.385 e. The summed E-state index contributed by atoms with van der Waals surface area (Å²) >= 11 is 0. The summed E-state index contributed by atoms with van der Waals surface area (Å²) in [6.45, 7) is 0.774. The topological polar surface area (TPSA) is 119 Å². The summed E-state index contributed by atoms with van der Waals surface area (Å²) in [5.41, 5.74) is 4.60. The molecule has 1 fully saturated rings. The molecule has 0 bridgehead atoms. The predicted molar refractivity (Wildman–Crippen MR) is 82.8 cm³/mol. The van der Waals surface area contributed by atoms with Crippen LogP contribution in [0.4, 0.5) is 11.5 Å². The number of hydrogen-bond donors (Lipinski definition) is 3. The molecule has 1 aliphatic rings. The van der Waals surface area contributed by atoms with Crippen LogP contribution in [-0.2, 0) is 16.1 Å². The van der Waals surface area contributed by atoms with E-state index in [9.17, 15) is 14.4 Å². The average molecular weight is 310 g/mol. The number of methoxy groups -OCH3 is 1. The number of nitrogen functional groups attached to an aromatic ring is 1. The Kier molecular flexibility index (Phi) is 5.37. The number of carbonyl (C=O) groups excluding carboxylic acids is 1. The van der Waals surface area contributed by atoms with Gasteiger partial charge in [0.15, 0.2) is 0 Å². The molecule has 0 atom stereocenters. The van der Waals surface area contributed by atoms with Gasteiger partial charge in [0, 0.05) is 26.2 Å². The predicted octanol–water partition coefficient (Wildman–Crippen LogP) is 0.284. The maximum absolute atomic E-state index is 12.1. The zero-order chi connectivity index (χ0) is 16.1. The molecule has 1 saturated carbocycles. The molecular weight excluding hydrogens is 288 g/mol. The normalized spacial score (nSPS) is 15.1. The number of carbonyl (C=O) groups is 1. The number of H-pyrrole nitrogens is 1. The maximum atomic E-state index is 12.1. The summed E-state index contributed by atoms with van der Waals surface area (Å²) in [7, 11) is 1.56. The monoisotopic (exact) mass is 310 g/mol. The molecular formula is C14H22N4O4. The summed E-state index contributed by atoms with van der Waals surface area (Å²) in [6.07, 6.45) is 4.23. The van der Waals surface area contributed by atoms with Gasteiger partial charge in [-0.2, -0.15) is 0 Å². The average Bonchev–Trinajstić information content (AvgIpc) is 3.01. The molecule has 0 saturated heterocycles. The third kappa shape index (κ3) is 3.56. The molecule has 0 aromatic carbocycles. The van der Waals surface area contributed by atoms with E-state index in [1.54, 1.807) is 7.11 Å². The van der Waals surface area contributed by atoms with Gasteiger partial charge in [-0.05, 0) is 19.3 Å². The highest BCUT2D eigenvalue weighted by Gasteiger charge is 2.24. The van der Waals surface area contributed by atoms with E-state index < -0.39 is 11.2 Å². The Hall–Kier alpha value is -2.09. The van der Waals surface area contributed by atoms with E-state index in [1.165, 1.54) is 4.57 Å². The van der Waals surface area contributed by atoms with Crippen LogP contribution in [0.1, 0.15) is 32.1 Å². The van der Waals surface area contributed by atoms with Crippen LogP contribution in [-0.4, -0.2) is 29.2 Å². The number of nitrogens with one attached hydrogen (secondary N) is 2. The first-order valence-corrected chi connectivity index (χ1v) is 7.47. The van der Waals surface area contributed by atoms with Crippen molar-refractivity contribution in [3.05, 3.63) is 20.8 Å². The van der Waals surface area contributed by atoms with Gasteiger partial charge < -0.3 is 15.8 Å². The molecule has 8 nitrogen and oxygen atoms in total. The Morgan fingerprint density at radius 1 is 1.41 bits per heavy atom. The van der Waals surface area contributed by atoms with Crippen LogP contribution in [0.25, 0.3) is 0 Å². The van der Waals surface area contributed by atoms with Gasteiger partial charge in [-0.15, -0.1) is 0 Å². The van der Waals surface area contributed by atoms with Gasteiger partial charge in [-0.25, -0.2) is 4.79 Å². The fraction of sp³-hybridized carbons (Fsp3) is 0.643. The number of nitrogens with zero attached hydrogens (tertiary/aromatic N) is 1. The van der Waals surface area contributed by atoms with E-state index >= 15 is 0 Å². The number of amides is 1. The Morgan fingerprint density at radius 2 is 2.09 bits per heavy atom. The SMILES string of the molecule is COCCCn1c(N)c(NC(=O)C2CCCC2)c(=O)[nH]c1=O. The van der Waals surface area contributed by atoms with Crippen LogP contribution in [0.5, 0.6) is 0 Å². The van der Waals surface area contributed by atoms with Gasteiger partial charge in [0.05, 0.1) is 0 Å². The van der Waals surface area contributed by atoms with Crippen molar-refractivity contribution < 1.29 is 9.53 Å². The lowest BCUT2D eigenvalue weighted by molar-refractivity contribution is -0.119. The van der Waals surface area contributed by atoms with Gasteiger partial charge in [0.1, 0.15) is 11.5 Å². The molecule has 1 aromatic rings. The lowest BCUT2D eigenvalue weighted by Crippen LogP contribution is -2.36. The highest BCUT2D eigenvalue weighted by molar-refractivity contribution is 5.94. The summed E-state index contributed by atoms with van der Waals surface area (Å²) in [4.78, 5) is 38.1. The van der Waals surface area contributed by atoms with Crippen molar-refractivity contribution >= 4 is 17.4 Å². The number of aromatic nitrogens is 2. The zero-order valence-corrected chi connectivity index (χ0v) is 12.7. The summed E-state index contributed by atoms with van der Waals surface area (Å²) < 4.78 is 6.17. The van der Waals surface area contributed by atoms with Crippen LogP contribution in [0.2, 0.25) is 0 Å². The fourth-order valence-electron chi connectivity index (χ4n) is 2.71. The number of anilines is 2. The first kappa shape index (κ1) is 16.3. The number of ether oxygens (including phenoxy) is 1. The van der Waals surface area contributed by atoms with Crippen molar-refractivity contribution in [3.63, 3.8) is 0 Å². The Labute approximate surface area is 127 Å². The number of hydrogen-bond acceptors (Lipinski definition) is 5. The molecule has 1 amide bonds. The van der Waals surface area contributed by atoms with Crippen molar-refractivity contribution in [3.8, 4) is 0 Å². The van der Waals surface area contributed by atoms with E-state index in [0.29, 0.717) is 19.6 Å². The number of nitrogens with two attached hydrogens (primary N) is 1. The van der Waals surface area contributed by atoms with E-state index in [1.807, 2.05) is 0 Å². The van der Waals surface area contributed by atoms with Crippen LogP contribution in [0.3, 0.4) is 0 Å². The third-order valence-electron chi connectivity index (χ3n) is 3.94.